The fraction of sp³-hybridized carbons (Fsp3) is 0.0667. The van der Waals surface area contributed by atoms with Gasteiger partial charge in [-0.1, -0.05) is 35.9 Å². The summed E-state index contributed by atoms with van der Waals surface area (Å²) in [5.41, 5.74) is 0.756. The van der Waals surface area contributed by atoms with E-state index in [1.165, 1.54) is 12.1 Å². The third-order valence-corrected chi connectivity index (χ3v) is 5.25. The number of aromatic nitrogens is 1. The van der Waals surface area contributed by atoms with Crippen LogP contribution in [0, 0.1) is 0 Å². The van der Waals surface area contributed by atoms with Crippen LogP contribution < -0.4 is 0 Å². The first-order valence-corrected chi connectivity index (χ1v) is 8.07. The standard InChI is InChI=1S/C15H12ClNO3S/c16-12-7-6-11-8-13(10-18)17(15(11)9-12)21(19,20)14-4-2-1-3-5-14/h1-9,18H,10H2. The number of rotatable bonds is 3. The van der Waals surface area contributed by atoms with Crippen molar-refractivity contribution in [2.45, 2.75) is 11.5 Å². The molecular formula is C15H12ClNO3S. The predicted octanol–water partition coefficient (Wildman–Crippen LogP) is 3.02. The van der Waals surface area contributed by atoms with Crippen molar-refractivity contribution in [2.75, 3.05) is 0 Å². The van der Waals surface area contributed by atoms with E-state index in [1.807, 2.05) is 0 Å². The van der Waals surface area contributed by atoms with Crippen LogP contribution in [0.5, 0.6) is 0 Å². The average Bonchev–Trinajstić information content (AvgIpc) is 2.86. The Bertz CT molecular complexity index is 901. The van der Waals surface area contributed by atoms with Crippen LogP contribution in [-0.4, -0.2) is 17.5 Å². The number of halogens is 1. The molecule has 6 heteroatoms. The third kappa shape index (κ3) is 2.33. The second-order valence-electron chi connectivity index (χ2n) is 4.58. The second-order valence-corrected chi connectivity index (χ2v) is 6.80. The molecule has 2 aromatic carbocycles. The van der Waals surface area contributed by atoms with Crippen molar-refractivity contribution >= 4 is 32.5 Å². The van der Waals surface area contributed by atoms with Gasteiger partial charge in [0.1, 0.15) is 0 Å². The Labute approximate surface area is 127 Å². The topological polar surface area (TPSA) is 59.3 Å². The van der Waals surface area contributed by atoms with Crippen molar-refractivity contribution in [3.8, 4) is 0 Å². The van der Waals surface area contributed by atoms with Crippen molar-refractivity contribution in [3.63, 3.8) is 0 Å². The Morgan fingerprint density at radius 3 is 2.43 bits per heavy atom. The maximum atomic E-state index is 12.8. The van der Waals surface area contributed by atoms with Gasteiger partial charge >= 0.3 is 0 Å². The lowest BCUT2D eigenvalue weighted by Gasteiger charge is -2.10. The lowest BCUT2D eigenvalue weighted by molar-refractivity contribution is 0.276. The Hall–Kier alpha value is -1.82. The molecule has 0 saturated heterocycles. The molecule has 0 fully saturated rings. The fourth-order valence-electron chi connectivity index (χ4n) is 2.30. The van der Waals surface area contributed by atoms with Gasteiger partial charge in [-0.25, -0.2) is 12.4 Å². The first kappa shape index (κ1) is 14.1. The zero-order valence-corrected chi connectivity index (χ0v) is 12.5. The van der Waals surface area contributed by atoms with Crippen molar-refractivity contribution in [3.05, 3.63) is 65.3 Å². The number of benzene rings is 2. The molecule has 0 amide bonds. The van der Waals surface area contributed by atoms with E-state index in [1.54, 1.807) is 42.5 Å². The van der Waals surface area contributed by atoms with Gasteiger partial charge in [0.05, 0.1) is 22.7 Å². The van der Waals surface area contributed by atoms with Gasteiger partial charge in [0.15, 0.2) is 0 Å². The predicted molar refractivity (Wildman–Crippen MR) is 81.9 cm³/mol. The van der Waals surface area contributed by atoms with Crippen molar-refractivity contribution in [2.24, 2.45) is 0 Å². The molecule has 4 nitrogen and oxygen atoms in total. The number of hydrogen-bond donors (Lipinski definition) is 1. The molecule has 0 atom stereocenters. The number of hydrogen-bond acceptors (Lipinski definition) is 3. The minimum absolute atomic E-state index is 0.164. The largest absolute Gasteiger partial charge is 0.390 e. The molecule has 0 aliphatic rings. The summed E-state index contributed by atoms with van der Waals surface area (Å²) in [6.07, 6.45) is 0. The van der Waals surface area contributed by atoms with Crippen LogP contribution in [0.1, 0.15) is 5.69 Å². The molecule has 0 spiro atoms. The van der Waals surface area contributed by atoms with Crippen molar-refractivity contribution < 1.29 is 13.5 Å². The smallest absolute Gasteiger partial charge is 0.268 e. The Balaban J connectivity index is 2.36. The molecule has 0 aliphatic carbocycles. The summed E-state index contributed by atoms with van der Waals surface area (Å²) >= 11 is 5.97. The molecule has 1 aromatic heterocycles. The Kier molecular flexibility index (Phi) is 3.49. The minimum Gasteiger partial charge on any atom is -0.390 e. The van der Waals surface area contributed by atoms with Crippen LogP contribution >= 0.6 is 11.6 Å². The summed E-state index contributed by atoms with van der Waals surface area (Å²) in [5.74, 6) is 0. The summed E-state index contributed by atoms with van der Waals surface area (Å²) in [4.78, 5) is 0.164. The molecule has 3 aromatic rings. The van der Waals surface area contributed by atoms with Gasteiger partial charge in [0.2, 0.25) is 0 Å². The minimum atomic E-state index is -3.78. The van der Waals surface area contributed by atoms with E-state index in [-0.39, 0.29) is 11.5 Å². The quantitative estimate of drug-likeness (QED) is 0.806. The van der Waals surface area contributed by atoms with E-state index in [2.05, 4.69) is 0 Å². The highest BCUT2D eigenvalue weighted by molar-refractivity contribution is 7.90. The Morgan fingerprint density at radius 2 is 1.76 bits per heavy atom. The summed E-state index contributed by atoms with van der Waals surface area (Å²) in [6.45, 7) is -0.377. The van der Waals surface area contributed by atoms with Gasteiger partial charge in [0, 0.05) is 10.4 Å². The second kappa shape index (κ2) is 5.18. The fourth-order valence-corrected chi connectivity index (χ4v) is 4.01. The summed E-state index contributed by atoms with van der Waals surface area (Å²) < 4.78 is 26.8. The molecule has 0 saturated carbocycles. The number of aliphatic hydroxyl groups excluding tert-OH is 1. The van der Waals surface area contributed by atoms with Crippen LogP contribution in [-0.2, 0) is 16.6 Å². The number of nitrogens with zero attached hydrogens (tertiary/aromatic N) is 1. The van der Waals surface area contributed by atoms with Crippen molar-refractivity contribution in [1.29, 1.82) is 0 Å². The highest BCUT2D eigenvalue weighted by atomic mass is 35.5. The van der Waals surface area contributed by atoms with E-state index in [4.69, 9.17) is 11.6 Å². The molecule has 0 bridgehead atoms. The molecule has 3 rings (SSSR count). The average molecular weight is 322 g/mol. The van der Waals surface area contributed by atoms with Crippen LogP contribution in [0.25, 0.3) is 10.9 Å². The summed E-state index contributed by atoms with van der Waals surface area (Å²) in [5, 5.41) is 10.6. The van der Waals surface area contributed by atoms with Gasteiger partial charge < -0.3 is 5.11 Å². The van der Waals surface area contributed by atoms with E-state index in [9.17, 15) is 13.5 Å². The molecule has 1 heterocycles. The van der Waals surface area contributed by atoms with E-state index >= 15 is 0 Å². The zero-order chi connectivity index (χ0) is 15.0. The van der Waals surface area contributed by atoms with Gasteiger partial charge in [-0.3, -0.25) is 0 Å². The Morgan fingerprint density at radius 1 is 1.05 bits per heavy atom. The highest BCUT2D eigenvalue weighted by Crippen LogP contribution is 2.28. The maximum absolute atomic E-state index is 12.8. The van der Waals surface area contributed by atoms with Crippen LogP contribution in [0.15, 0.2) is 59.5 Å². The van der Waals surface area contributed by atoms with Gasteiger partial charge in [-0.2, -0.15) is 0 Å². The lowest BCUT2D eigenvalue weighted by atomic mass is 10.2. The van der Waals surface area contributed by atoms with E-state index in [0.717, 1.165) is 3.97 Å². The first-order chi connectivity index (χ1) is 10.0. The SMILES string of the molecule is O=S(=O)(c1ccccc1)n1c(CO)cc2ccc(Cl)cc21. The van der Waals surface area contributed by atoms with E-state index in [0.29, 0.717) is 21.6 Å². The van der Waals surface area contributed by atoms with Crippen LogP contribution in [0.2, 0.25) is 5.02 Å². The molecule has 1 N–H and O–H groups in total. The molecule has 108 valence electrons. The molecule has 0 radical (unpaired) electrons. The molecule has 21 heavy (non-hydrogen) atoms. The number of aliphatic hydroxyl groups is 1. The third-order valence-electron chi connectivity index (χ3n) is 3.24. The molecular weight excluding hydrogens is 310 g/mol. The summed E-state index contributed by atoms with van der Waals surface area (Å²) in [6, 6.07) is 14.7. The monoisotopic (exact) mass is 321 g/mol. The highest BCUT2D eigenvalue weighted by Gasteiger charge is 2.22. The summed E-state index contributed by atoms with van der Waals surface area (Å²) in [7, 11) is -3.78. The van der Waals surface area contributed by atoms with Crippen LogP contribution in [0.3, 0.4) is 0 Å². The molecule has 0 aliphatic heterocycles. The zero-order valence-electron chi connectivity index (χ0n) is 10.9. The van der Waals surface area contributed by atoms with Gasteiger partial charge in [-0.05, 0) is 30.3 Å². The lowest BCUT2D eigenvalue weighted by Crippen LogP contribution is -2.15. The van der Waals surface area contributed by atoms with Crippen LogP contribution in [0.4, 0.5) is 0 Å². The van der Waals surface area contributed by atoms with Crippen molar-refractivity contribution in [1.82, 2.24) is 3.97 Å². The number of fused-ring (bicyclic) bond motifs is 1. The van der Waals surface area contributed by atoms with Gasteiger partial charge in [0.25, 0.3) is 10.0 Å². The molecule has 0 unspecified atom stereocenters. The normalized spacial score (nSPS) is 11.9. The maximum Gasteiger partial charge on any atom is 0.268 e. The van der Waals surface area contributed by atoms with E-state index < -0.39 is 10.0 Å². The van der Waals surface area contributed by atoms with Gasteiger partial charge in [-0.15, -0.1) is 0 Å². The first-order valence-electron chi connectivity index (χ1n) is 6.25.